The Hall–Kier alpha value is -1.16. The van der Waals surface area contributed by atoms with E-state index in [1.165, 1.54) is 0 Å². The largest absolute Gasteiger partial charge is 0.364 e. The molecule has 21 heavy (non-hydrogen) atoms. The monoisotopic (exact) mass is 421 g/mol. The number of nitrogens with zero attached hydrogens (tertiary/aromatic N) is 3. The van der Waals surface area contributed by atoms with Gasteiger partial charge in [-0.05, 0) is 5.92 Å². The van der Waals surface area contributed by atoms with E-state index in [9.17, 15) is 0 Å². The van der Waals surface area contributed by atoms with Crippen LogP contribution in [0.5, 0.6) is 0 Å². The average Bonchev–Trinajstić information content (AvgIpc) is 3.10. The predicted molar refractivity (Wildman–Crippen MR) is 95.2 cm³/mol. The zero-order chi connectivity index (χ0) is 14.4. The average molecular weight is 421 g/mol. The standard InChI is InChI=1S/C13H19N5OS.HI/c1-9(2)11-8-20-12(17-11)7-16-13(14-3)15-6-10-4-5-19-18-10;/h4-5,8-9H,6-7H2,1-3H3,(H2,14,15,16);1H. The smallest absolute Gasteiger partial charge is 0.191 e. The van der Waals surface area contributed by atoms with Crippen molar-refractivity contribution in [3.8, 4) is 0 Å². The Morgan fingerprint density at radius 1 is 1.38 bits per heavy atom. The minimum atomic E-state index is 0. The Bertz CT molecular complexity index is 553. The summed E-state index contributed by atoms with van der Waals surface area (Å²) in [7, 11) is 1.74. The lowest BCUT2D eigenvalue weighted by atomic mass is 10.2. The van der Waals surface area contributed by atoms with Gasteiger partial charge in [-0.25, -0.2) is 4.98 Å². The van der Waals surface area contributed by atoms with Crippen LogP contribution >= 0.6 is 35.3 Å². The van der Waals surface area contributed by atoms with E-state index in [2.05, 4.69) is 45.0 Å². The highest BCUT2D eigenvalue weighted by molar-refractivity contribution is 14.0. The molecule has 0 saturated carbocycles. The number of thiazole rings is 1. The number of hydrogen-bond acceptors (Lipinski definition) is 5. The van der Waals surface area contributed by atoms with Crippen LogP contribution in [-0.4, -0.2) is 23.1 Å². The summed E-state index contributed by atoms with van der Waals surface area (Å²) in [6, 6.07) is 1.82. The Kier molecular flexibility index (Phi) is 7.65. The van der Waals surface area contributed by atoms with Gasteiger partial charge in [0, 0.05) is 18.5 Å². The molecule has 0 fully saturated rings. The van der Waals surface area contributed by atoms with Crippen LogP contribution in [0.15, 0.2) is 27.2 Å². The highest BCUT2D eigenvalue weighted by Gasteiger charge is 2.06. The summed E-state index contributed by atoms with van der Waals surface area (Å²) in [5.41, 5.74) is 1.97. The fourth-order valence-corrected chi connectivity index (χ4v) is 2.45. The molecular weight excluding hydrogens is 401 g/mol. The molecule has 0 atom stereocenters. The number of halogens is 1. The summed E-state index contributed by atoms with van der Waals surface area (Å²) >= 11 is 1.66. The van der Waals surface area contributed by atoms with Gasteiger partial charge in [0.1, 0.15) is 17.0 Å². The maximum absolute atomic E-state index is 4.78. The first-order chi connectivity index (χ1) is 9.69. The summed E-state index contributed by atoms with van der Waals surface area (Å²) in [6.45, 7) is 5.52. The summed E-state index contributed by atoms with van der Waals surface area (Å²) in [4.78, 5) is 8.73. The van der Waals surface area contributed by atoms with Gasteiger partial charge >= 0.3 is 0 Å². The Morgan fingerprint density at radius 2 is 2.14 bits per heavy atom. The summed E-state index contributed by atoms with van der Waals surface area (Å²) < 4.78 is 4.78. The number of guanidine groups is 1. The lowest BCUT2D eigenvalue weighted by molar-refractivity contribution is 0.410. The topological polar surface area (TPSA) is 75.3 Å². The molecule has 0 aliphatic carbocycles. The fraction of sp³-hybridized carbons (Fsp3) is 0.462. The highest BCUT2D eigenvalue weighted by Crippen LogP contribution is 2.17. The van der Waals surface area contributed by atoms with Crippen LogP contribution in [0.4, 0.5) is 0 Å². The van der Waals surface area contributed by atoms with E-state index in [1.807, 2.05) is 6.07 Å². The Balaban J connectivity index is 0.00000220. The molecule has 2 heterocycles. The van der Waals surface area contributed by atoms with Gasteiger partial charge < -0.3 is 15.2 Å². The second-order valence-corrected chi connectivity index (χ2v) is 5.53. The molecule has 8 heteroatoms. The van der Waals surface area contributed by atoms with E-state index in [-0.39, 0.29) is 24.0 Å². The number of aromatic nitrogens is 2. The number of aliphatic imine (C=N–C) groups is 1. The third-order valence-electron chi connectivity index (χ3n) is 2.72. The van der Waals surface area contributed by atoms with Gasteiger partial charge in [0.2, 0.25) is 0 Å². The fourth-order valence-electron chi connectivity index (χ4n) is 1.55. The van der Waals surface area contributed by atoms with Gasteiger partial charge in [-0.1, -0.05) is 19.0 Å². The van der Waals surface area contributed by atoms with Crippen LogP contribution in [0, 0.1) is 0 Å². The van der Waals surface area contributed by atoms with Gasteiger partial charge in [-0.15, -0.1) is 35.3 Å². The first-order valence-electron chi connectivity index (χ1n) is 6.47. The van der Waals surface area contributed by atoms with E-state index >= 15 is 0 Å². The van der Waals surface area contributed by atoms with Gasteiger partial charge in [-0.2, -0.15) is 0 Å². The minimum absolute atomic E-state index is 0. The first kappa shape index (κ1) is 17.9. The third kappa shape index (κ3) is 5.62. The molecule has 2 N–H and O–H groups in total. The molecule has 6 nitrogen and oxygen atoms in total. The van der Waals surface area contributed by atoms with Crippen LogP contribution in [0.25, 0.3) is 0 Å². The van der Waals surface area contributed by atoms with Crippen molar-refractivity contribution >= 4 is 41.3 Å². The van der Waals surface area contributed by atoms with Crippen molar-refractivity contribution < 1.29 is 4.52 Å². The minimum Gasteiger partial charge on any atom is -0.364 e. The molecule has 2 aromatic rings. The second-order valence-electron chi connectivity index (χ2n) is 4.59. The molecule has 0 aliphatic rings. The van der Waals surface area contributed by atoms with Crippen LogP contribution in [0.1, 0.15) is 36.2 Å². The number of nitrogens with one attached hydrogen (secondary N) is 2. The van der Waals surface area contributed by atoms with Crippen molar-refractivity contribution in [3.05, 3.63) is 34.1 Å². The van der Waals surface area contributed by atoms with Crippen molar-refractivity contribution in [1.82, 2.24) is 20.8 Å². The van der Waals surface area contributed by atoms with E-state index in [4.69, 9.17) is 4.52 Å². The molecule has 0 unspecified atom stereocenters. The van der Waals surface area contributed by atoms with Crippen LogP contribution in [-0.2, 0) is 13.1 Å². The summed E-state index contributed by atoms with van der Waals surface area (Å²) in [5.74, 6) is 1.18. The SMILES string of the molecule is CN=C(NCc1ccon1)NCc1nc(C(C)C)cs1.I. The van der Waals surface area contributed by atoms with Gasteiger partial charge in [0.15, 0.2) is 5.96 Å². The predicted octanol–water partition coefficient (Wildman–Crippen LogP) is 2.74. The molecule has 0 bridgehead atoms. The molecule has 2 aromatic heterocycles. The van der Waals surface area contributed by atoms with Crippen molar-refractivity contribution in [2.24, 2.45) is 4.99 Å². The zero-order valence-corrected chi connectivity index (χ0v) is 15.4. The molecular formula is C13H20IN5OS. The van der Waals surface area contributed by atoms with Crippen LogP contribution in [0.2, 0.25) is 0 Å². The van der Waals surface area contributed by atoms with Crippen molar-refractivity contribution in [1.29, 1.82) is 0 Å². The van der Waals surface area contributed by atoms with Gasteiger partial charge in [0.25, 0.3) is 0 Å². The molecule has 0 spiro atoms. The second kappa shape index (κ2) is 8.98. The highest BCUT2D eigenvalue weighted by atomic mass is 127. The van der Waals surface area contributed by atoms with E-state index in [0.29, 0.717) is 25.0 Å². The zero-order valence-electron chi connectivity index (χ0n) is 12.3. The van der Waals surface area contributed by atoms with E-state index in [0.717, 1.165) is 16.4 Å². The van der Waals surface area contributed by atoms with Gasteiger partial charge in [-0.3, -0.25) is 4.99 Å². The first-order valence-corrected chi connectivity index (χ1v) is 7.35. The van der Waals surface area contributed by atoms with Crippen LogP contribution < -0.4 is 10.6 Å². The number of hydrogen-bond donors (Lipinski definition) is 2. The Morgan fingerprint density at radius 3 is 2.71 bits per heavy atom. The lowest BCUT2D eigenvalue weighted by Crippen LogP contribution is -2.36. The van der Waals surface area contributed by atoms with Crippen molar-refractivity contribution in [2.75, 3.05) is 7.05 Å². The quantitative estimate of drug-likeness (QED) is 0.441. The van der Waals surface area contributed by atoms with Crippen LogP contribution in [0.3, 0.4) is 0 Å². The maximum atomic E-state index is 4.78. The molecule has 0 radical (unpaired) electrons. The van der Waals surface area contributed by atoms with Crippen molar-refractivity contribution in [2.45, 2.75) is 32.9 Å². The van der Waals surface area contributed by atoms with E-state index in [1.54, 1.807) is 24.6 Å². The maximum Gasteiger partial charge on any atom is 0.191 e. The molecule has 116 valence electrons. The normalized spacial score (nSPS) is 11.3. The lowest BCUT2D eigenvalue weighted by Gasteiger charge is -2.09. The third-order valence-corrected chi connectivity index (χ3v) is 3.59. The molecule has 2 rings (SSSR count). The molecule has 0 amide bonds. The molecule has 0 aromatic carbocycles. The van der Waals surface area contributed by atoms with Crippen molar-refractivity contribution in [3.63, 3.8) is 0 Å². The molecule has 0 aliphatic heterocycles. The van der Waals surface area contributed by atoms with Gasteiger partial charge in [0.05, 0.1) is 18.8 Å². The number of rotatable bonds is 5. The summed E-state index contributed by atoms with van der Waals surface area (Å²) in [6.07, 6.45) is 1.55. The van der Waals surface area contributed by atoms with E-state index < -0.39 is 0 Å². The molecule has 0 saturated heterocycles. The summed E-state index contributed by atoms with van der Waals surface area (Å²) in [5, 5.41) is 13.4. The Labute approximate surface area is 145 Å².